The van der Waals surface area contributed by atoms with E-state index in [9.17, 15) is 14.7 Å². The zero-order chi connectivity index (χ0) is 19.1. The van der Waals surface area contributed by atoms with E-state index >= 15 is 0 Å². The highest BCUT2D eigenvalue weighted by Crippen LogP contribution is 2.39. The largest absolute Gasteiger partial charge is 0.506 e. The Hall–Kier alpha value is -1.46. The van der Waals surface area contributed by atoms with Crippen LogP contribution in [0, 0.1) is 5.92 Å². The van der Waals surface area contributed by atoms with Gasteiger partial charge in [-0.1, -0.05) is 29.6 Å². The fraction of sp³-hybridized carbons (Fsp3) is 0.600. The molecule has 1 saturated carbocycles. The Bertz CT molecular complexity index is 752. The third-order valence-corrected chi connectivity index (χ3v) is 6.82. The minimum absolute atomic E-state index is 0.0140. The van der Waals surface area contributed by atoms with E-state index in [2.05, 4.69) is 10.2 Å². The van der Waals surface area contributed by atoms with Gasteiger partial charge in [0.05, 0.1) is 10.6 Å². The number of nitrogens with zero attached hydrogens (tertiary/aromatic N) is 1. The van der Waals surface area contributed by atoms with Crippen LogP contribution in [0.2, 0.25) is 10.0 Å². The van der Waals surface area contributed by atoms with E-state index in [-0.39, 0.29) is 46.3 Å². The normalized spacial score (nSPS) is 27.3. The second kappa shape index (κ2) is 7.51. The summed E-state index contributed by atoms with van der Waals surface area (Å²) in [6.07, 6.45) is 7.81. The van der Waals surface area contributed by atoms with E-state index in [0.29, 0.717) is 17.4 Å². The van der Waals surface area contributed by atoms with Crippen LogP contribution in [0.1, 0.15) is 61.7 Å². The predicted octanol–water partition coefficient (Wildman–Crippen LogP) is 4.14. The molecule has 3 fully saturated rings. The Labute approximate surface area is 169 Å². The van der Waals surface area contributed by atoms with Crippen LogP contribution in [0.3, 0.4) is 0 Å². The molecule has 2 aliphatic heterocycles. The van der Waals surface area contributed by atoms with Gasteiger partial charge in [-0.25, -0.2) is 0 Å². The first-order valence-electron chi connectivity index (χ1n) is 9.72. The lowest BCUT2D eigenvalue weighted by molar-refractivity contribution is -0.137. The molecule has 2 N–H and O–H groups in total. The minimum Gasteiger partial charge on any atom is -0.506 e. The zero-order valence-electron chi connectivity index (χ0n) is 15.1. The first-order valence-corrected chi connectivity index (χ1v) is 10.5. The van der Waals surface area contributed by atoms with Gasteiger partial charge in [-0.3, -0.25) is 9.59 Å². The topological polar surface area (TPSA) is 69.6 Å². The van der Waals surface area contributed by atoms with Crippen LogP contribution >= 0.6 is 23.2 Å². The summed E-state index contributed by atoms with van der Waals surface area (Å²) in [5, 5.41) is 13.4. The average Bonchev–Trinajstić information content (AvgIpc) is 2.85. The number of aromatic hydroxyl groups is 1. The van der Waals surface area contributed by atoms with Crippen LogP contribution in [0.4, 0.5) is 0 Å². The smallest absolute Gasteiger partial charge is 0.255 e. The molecule has 7 heteroatoms. The number of carbonyl (C=O) groups is 2. The lowest BCUT2D eigenvalue weighted by Gasteiger charge is -2.40. The standard InChI is InChI=1S/C20H24Cl2N2O3/c21-12-7-16(19(26)17(22)8-12)20(27)23-13-9-14-4-5-15(10-13)24(14)18(25)6-11-2-1-3-11/h7-8,11,13-15,26H,1-6,9-10H2,(H,23,27). The molecule has 27 heavy (non-hydrogen) atoms. The van der Waals surface area contributed by atoms with Crippen LogP contribution in [0.5, 0.6) is 5.75 Å². The number of carbonyl (C=O) groups excluding carboxylic acids is 2. The quantitative estimate of drug-likeness (QED) is 0.783. The van der Waals surface area contributed by atoms with E-state index in [1.807, 2.05) is 0 Å². The summed E-state index contributed by atoms with van der Waals surface area (Å²) in [6.45, 7) is 0. The molecule has 2 unspecified atom stereocenters. The number of nitrogens with one attached hydrogen (secondary N) is 1. The Balaban J connectivity index is 1.40. The summed E-state index contributed by atoms with van der Waals surface area (Å²) in [6, 6.07) is 3.22. The number of rotatable bonds is 4. The lowest BCUT2D eigenvalue weighted by Crippen LogP contribution is -2.52. The van der Waals surface area contributed by atoms with Crippen LogP contribution in [-0.4, -0.2) is 39.9 Å². The molecule has 4 rings (SSSR count). The van der Waals surface area contributed by atoms with Crippen LogP contribution in [-0.2, 0) is 4.79 Å². The Kier molecular flexibility index (Phi) is 5.26. The van der Waals surface area contributed by atoms with Gasteiger partial charge in [-0.15, -0.1) is 0 Å². The number of benzene rings is 1. The van der Waals surface area contributed by atoms with Gasteiger partial charge in [0.15, 0.2) is 0 Å². The fourth-order valence-electron chi connectivity index (χ4n) is 4.75. The number of fused-ring (bicyclic) bond motifs is 2. The van der Waals surface area contributed by atoms with Gasteiger partial charge in [0.1, 0.15) is 5.75 Å². The van der Waals surface area contributed by atoms with Gasteiger partial charge in [0.2, 0.25) is 5.91 Å². The Morgan fingerprint density at radius 1 is 1.11 bits per heavy atom. The van der Waals surface area contributed by atoms with Gasteiger partial charge in [-0.05, 0) is 56.6 Å². The maximum Gasteiger partial charge on any atom is 0.255 e. The zero-order valence-corrected chi connectivity index (χ0v) is 16.6. The maximum absolute atomic E-state index is 12.7. The number of phenolic OH excluding ortho intramolecular Hbond substituents is 1. The monoisotopic (exact) mass is 410 g/mol. The first-order chi connectivity index (χ1) is 12.9. The molecule has 0 radical (unpaired) electrons. The summed E-state index contributed by atoms with van der Waals surface area (Å²) in [4.78, 5) is 27.4. The van der Waals surface area contributed by atoms with Crippen molar-refractivity contribution in [2.75, 3.05) is 0 Å². The molecule has 0 spiro atoms. The van der Waals surface area contributed by atoms with Crippen molar-refractivity contribution in [1.29, 1.82) is 0 Å². The molecule has 146 valence electrons. The van der Waals surface area contributed by atoms with Gasteiger partial charge >= 0.3 is 0 Å². The highest BCUT2D eigenvalue weighted by Gasteiger charge is 2.44. The minimum atomic E-state index is -0.379. The summed E-state index contributed by atoms with van der Waals surface area (Å²) in [5.74, 6) is 0.228. The van der Waals surface area contributed by atoms with Gasteiger partial charge in [-0.2, -0.15) is 0 Å². The number of piperidine rings is 1. The van der Waals surface area contributed by atoms with Crippen molar-refractivity contribution in [1.82, 2.24) is 10.2 Å². The molecule has 1 aromatic carbocycles. The molecule has 2 atom stereocenters. The lowest BCUT2D eigenvalue weighted by atomic mass is 9.82. The van der Waals surface area contributed by atoms with Crippen molar-refractivity contribution in [2.24, 2.45) is 5.92 Å². The van der Waals surface area contributed by atoms with Crippen LogP contribution in [0.25, 0.3) is 0 Å². The number of hydrogen-bond donors (Lipinski definition) is 2. The van der Waals surface area contributed by atoms with Crippen molar-refractivity contribution in [3.8, 4) is 5.75 Å². The molecule has 2 bridgehead atoms. The summed E-state index contributed by atoms with van der Waals surface area (Å²) in [5.41, 5.74) is 0.0864. The number of halogens is 2. The molecule has 1 aromatic rings. The van der Waals surface area contributed by atoms with Gasteiger partial charge in [0.25, 0.3) is 5.91 Å². The van der Waals surface area contributed by atoms with Crippen molar-refractivity contribution >= 4 is 35.0 Å². The molecule has 1 aliphatic carbocycles. The molecule has 2 heterocycles. The highest BCUT2D eigenvalue weighted by molar-refractivity contribution is 6.36. The highest BCUT2D eigenvalue weighted by atomic mass is 35.5. The molecule has 3 aliphatic rings. The van der Waals surface area contributed by atoms with Crippen molar-refractivity contribution in [3.63, 3.8) is 0 Å². The average molecular weight is 411 g/mol. The Morgan fingerprint density at radius 2 is 1.78 bits per heavy atom. The van der Waals surface area contributed by atoms with E-state index in [0.717, 1.165) is 25.7 Å². The van der Waals surface area contributed by atoms with Crippen molar-refractivity contribution in [2.45, 2.75) is 69.5 Å². The fourth-order valence-corrected chi connectivity index (χ4v) is 5.25. The summed E-state index contributed by atoms with van der Waals surface area (Å²) in [7, 11) is 0. The third kappa shape index (κ3) is 3.77. The number of amides is 2. The van der Waals surface area contributed by atoms with E-state index < -0.39 is 0 Å². The van der Waals surface area contributed by atoms with Crippen LogP contribution in [0.15, 0.2) is 12.1 Å². The predicted molar refractivity (Wildman–Crippen MR) is 104 cm³/mol. The first kappa shape index (κ1) is 18.9. The molecule has 0 aromatic heterocycles. The molecular weight excluding hydrogens is 387 g/mol. The summed E-state index contributed by atoms with van der Waals surface area (Å²) < 4.78 is 0. The van der Waals surface area contributed by atoms with Gasteiger partial charge in [0, 0.05) is 29.6 Å². The molecule has 2 amide bonds. The number of phenols is 1. The van der Waals surface area contributed by atoms with Crippen LogP contribution < -0.4 is 5.32 Å². The third-order valence-electron chi connectivity index (χ3n) is 6.32. The van der Waals surface area contributed by atoms with Crippen molar-refractivity contribution < 1.29 is 14.7 Å². The van der Waals surface area contributed by atoms with Crippen molar-refractivity contribution in [3.05, 3.63) is 27.7 Å². The second-order valence-corrected chi connectivity index (χ2v) is 8.96. The van der Waals surface area contributed by atoms with E-state index in [4.69, 9.17) is 23.2 Å². The molecule has 5 nitrogen and oxygen atoms in total. The molecule has 2 saturated heterocycles. The summed E-state index contributed by atoms with van der Waals surface area (Å²) >= 11 is 11.9. The Morgan fingerprint density at radius 3 is 2.37 bits per heavy atom. The maximum atomic E-state index is 12.7. The second-order valence-electron chi connectivity index (χ2n) is 8.11. The SMILES string of the molecule is O=C(NC1CC2CCC(C1)N2C(=O)CC1CCC1)c1cc(Cl)cc(Cl)c1O. The van der Waals surface area contributed by atoms with E-state index in [1.54, 1.807) is 0 Å². The number of hydrogen-bond acceptors (Lipinski definition) is 3. The van der Waals surface area contributed by atoms with Gasteiger partial charge < -0.3 is 15.3 Å². The van der Waals surface area contributed by atoms with E-state index in [1.165, 1.54) is 31.4 Å². The molecular formula is C20H24Cl2N2O3.